The van der Waals surface area contributed by atoms with Gasteiger partial charge in [0.15, 0.2) is 0 Å². The van der Waals surface area contributed by atoms with Crippen molar-refractivity contribution in [3.8, 4) is 0 Å². The van der Waals surface area contributed by atoms with Gasteiger partial charge < -0.3 is 10.6 Å². The predicted molar refractivity (Wildman–Crippen MR) is 23.4 cm³/mol. The van der Waals surface area contributed by atoms with Gasteiger partial charge in [0.25, 0.3) is 0 Å². The number of nitrogens with one attached hydrogen (secondary N) is 2. The lowest BCUT2D eigenvalue weighted by Gasteiger charge is -1.77. The molecule has 6 heavy (non-hydrogen) atoms. The molecule has 0 spiro atoms. The monoisotopic (exact) mass is 92.1 g/mol. The van der Waals surface area contributed by atoms with Crippen LogP contribution in [0, 0.1) is 0 Å². The van der Waals surface area contributed by atoms with Gasteiger partial charge in [-0.1, -0.05) is 0 Å². The molecule has 1 fully saturated rings. The highest BCUT2D eigenvalue weighted by Gasteiger charge is 1.90. The van der Waals surface area contributed by atoms with Crippen LogP contribution in [0.15, 0.2) is 0 Å². The largest absolute Gasteiger partial charge is 0.303 e. The van der Waals surface area contributed by atoms with Crippen molar-refractivity contribution in [1.82, 2.24) is 10.6 Å². The fourth-order valence-corrected chi connectivity index (χ4v) is 0.442. The van der Waals surface area contributed by atoms with Crippen molar-refractivity contribution < 1.29 is 4.70 Å². The van der Waals surface area contributed by atoms with E-state index in [0.29, 0.717) is 0 Å². The van der Waals surface area contributed by atoms with Gasteiger partial charge in [-0.3, -0.25) is 4.70 Å². The summed E-state index contributed by atoms with van der Waals surface area (Å²) in [5.74, 6) is 0. The second-order valence-corrected chi connectivity index (χ2v) is 1.18. The molecular formula is C3H9FN2. The second kappa shape index (κ2) is 3.06. The van der Waals surface area contributed by atoms with Crippen LogP contribution < -0.4 is 10.6 Å². The molecular weight excluding hydrogens is 83.0 g/mol. The van der Waals surface area contributed by atoms with Crippen LogP contribution in [0.3, 0.4) is 0 Å². The van der Waals surface area contributed by atoms with Crippen molar-refractivity contribution in [3.63, 3.8) is 0 Å². The minimum atomic E-state index is 0. The summed E-state index contributed by atoms with van der Waals surface area (Å²) in [4.78, 5) is 0. The first-order valence-electron chi connectivity index (χ1n) is 1.91. The van der Waals surface area contributed by atoms with Crippen LogP contribution in [-0.4, -0.2) is 19.8 Å². The van der Waals surface area contributed by atoms with E-state index in [2.05, 4.69) is 10.6 Å². The molecule has 3 heteroatoms. The minimum absolute atomic E-state index is 0. The van der Waals surface area contributed by atoms with E-state index in [1.54, 1.807) is 0 Å². The Bertz CT molecular complexity index is 20.4. The molecule has 1 aliphatic heterocycles. The first kappa shape index (κ1) is 5.85. The van der Waals surface area contributed by atoms with Gasteiger partial charge in [0.05, 0.1) is 0 Å². The third-order valence-corrected chi connectivity index (χ3v) is 0.729. The Labute approximate surface area is 36.3 Å². The van der Waals surface area contributed by atoms with Gasteiger partial charge in [0.2, 0.25) is 0 Å². The number of hydrogen-bond donors (Lipinski definition) is 2. The molecule has 0 amide bonds. The average molecular weight is 92.1 g/mol. The summed E-state index contributed by atoms with van der Waals surface area (Å²) in [6.45, 7) is 3.28. The zero-order chi connectivity index (χ0) is 3.54. The van der Waals surface area contributed by atoms with Crippen molar-refractivity contribution in [2.24, 2.45) is 0 Å². The van der Waals surface area contributed by atoms with Gasteiger partial charge in [-0.05, 0) is 0 Å². The van der Waals surface area contributed by atoms with E-state index >= 15 is 0 Å². The molecule has 0 aromatic rings. The van der Waals surface area contributed by atoms with Crippen LogP contribution in [0.5, 0.6) is 0 Å². The number of hydrogen-bond acceptors (Lipinski definition) is 2. The SMILES string of the molecule is C1CNCN1.F. The van der Waals surface area contributed by atoms with Crippen LogP contribution in [-0.2, 0) is 0 Å². The van der Waals surface area contributed by atoms with Crippen molar-refractivity contribution in [3.05, 3.63) is 0 Å². The van der Waals surface area contributed by atoms with E-state index in [-0.39, 0.29) is 4.70 Å². The average Bonchev–Trinajstić information content (AvgIpc) is 1.76. The van der Waals surface area contributed by atoms with Gasteiger partial charge in [0, 0.05) is 19.8 Å². The summed E-state index contributed by atoms with van der Waals surface area (Å²) < 4.78 is 0. The Morgan fingerprint density at radius 3 is 1.67 bits per heavy atom. The summed E-state index contributed by atoms with van der Waals surface area (Å²) in [5, 5.41) is 6.22. The zero-order valence-electron chi connectivity index (χ0n) is 3.53. The molecule has 0 aliphatic carbocycles. The lowest BCUT2D eigenvalue weighted by atomic mass is 10.7. The van der Waals surface area contributed by atoms with E-state index in [1.807, 2.05) is 0 Å². The Hall–Kier alpha value is -0.150. The molecule has 0 saturated carbocycles. The highest BCUT2D eigenvalue weighted by Crippen LogP contribution is 1.62. The maximum absolute atomic E-state index is 3.11. The molecule has 0 unspecified atom stereocenters. The zero-order valence-corrected chi connectivity index (χ0v) is 3.53. The van der Waals surface area contributed by atoms with E-state index in [9.17, 15) is 0 Å². The first-order chi connectivity index (χ1) is 2.50. The summed E-state index contributed by atoms with van der Waals surface area (Å²) in [6, 6.07) is 0. The molecule has 0 radical (unpaired) electrons. The van der Waals surface area contributed by atoms with Crippen LogP contribution in [0.4, 0.5) is 4.70 Å². The quantitative estimate of drug-likeness (QED) is 0.412. The Kier molecular flexibility index (Phi) is 2.98. The van der Waals surface area contributed by atoms with Gasteiger partial charge in [-0.2, -0.15) is 0 Å². The van der Waals surface area contributed by atoms with E-state index < -0.39 is 0 Å². The predicted octanol–water partition coefficient (Wildman–Crippen LogP) is -0.711. The fraction of sp³-hybridized carbons (Fsp3) is 1.00. The van der Waals surface area contributed by atoms with Gasteiger partial charge in [0.1, 0.15) is 0 Å². The summed E-state index contributed by atoms with van der Waals surface area (Å²) in [7, 11) is 0. The van der Waals surface area contributed by atoms with E-state index in [0.717, 1.165) is 19.8 Å². The number of halogens is 1. The minimum Gasteiger partial charge on any atom is -0.303 e. The molecule has 1 saturated heterocycles. The Morgan fingerprint density at radius 1 is 1.00 bits per heavy atom. The van der Waals surface area contributed by atoms with E-state index in [4.69, 9.17) is 0 Å². The highest BCUT2D eigenvalue weighted by molar-refractivity contribution is 4.55. The fourth-order valence-electron chi connectivity index (χ4n) is 0.442. The lowest BCUT2D eigenvalue weighted by Crippen LogP contribution is -2.11. The molecule has 0 bridgehead atoms. The summed E-state index contributed by atoms with van der Waals surface area (Å²) in [6.07, 6.45) is 0. The molecule has 1 heterocycles. The van der Waals surface area contributed by atoms with Crippen molar-refractivity contribution in [1.29, 1.82) is 0 Å². The molecule has 0 atom stereocenters. The molecule has 2 N–H and O–H groups in total. The molecule has 38 valence electrons. The highest BCUT2D eigenvalue weighted by atomic mass is 19.0. The van der Waals surface area contributed by atoms with Crippen LogP contribution >= 0.6 is 0 Å². The van der Waals surface area contributed by atoms with Crippen LogP contribution in [0.2, 0.25) is 0 Å². The Balaban J connectivity index is 0.000000250. The third kappa shape index (κ3) is 1.33. The molecule has 2 nitrogen and oxygen atoms in total. The standard InChI is InChI=1S/C3H8N2.FH/c1-2-5-3-4-1;/h4-5H,1-3H2;1H. The van der Waals surface area contributed by atoms with Crippen LogP contribution in [0.25, 0.3) is 0 Å². The lowest BCUT2D eigenvalue weighted by molar-refractivity contribution is 0.807. The van der Waals surface area contributed by atoms with E-state index in [1.165, 1.54) is 0 Å². The number of rotatable bonds is 0. The van der Waals surface area contributed by atoms with Crippen molar-refractivity contribution in [2.75, 3.05) is 19.8 Å². The molecule has 1 rings (SSSR count). The second-order valence-electron chi connectivity index (χ2n) is 1.18. The van der Waals surface area contributed by atoms with Crippen LogP contribution in [0.1, 0.15) is 0 Å². The van der Waals surface area contributed by atoms with Gasteiger partial charge in [-0.25, -0.2) is 0 Å². The van der Waals surface area contributed by atoms with Crippen molar-refractivity contribution >= 4 is 0 Å². The normalized spacial score (nSPS) is 20.0. The molecule has 1 aliphatic rings. The smallest absolute Gasteiger partial charge is 0.0455 e. The molecule has 0 aromatic heterocycles. The maximum Gasteiger partial charge on any atom is 0.0455 e. The molecule has 0 aromatic carbocycles. The Morgan fingerprint density at radius 2 is 1.50 bits per heavy atom. The van der Waals surface area contributed by atoms with Crippen molar-refractivity contribution in [2.45, 2.75) is 0 Å². The maximum atomic E-state index is 3.11. The topological polar surface area (TPSA) is 24.1 Å². The summed E-state index contributed by atoms with van der Waals surface area (Å²) >= 11 is 0. The van der Waals surface area contributed by atoms with Gasteiger partial charge in [-0.15, -0.1) is 0 Å². The van der Waals surface area contributed by atoms with Gasteiger partial charge >= 0.3 is 0 Å². The summed E-state index contributed by atoms with van der Waals surface area (Å²) in [5.41, 5.74) is 0. The third-order valence-electron chi connectivity index (χ3n) is 0.729. The first-order valence-corrected chi connectivity index (χ1v) is 1.91.